The molecule has 3 N–H and O–H groups in total. The highest BCUT2D eigenvalue weighted by molar-refractivity contribution is 5.99. The number of amides is 1. The van der Waals surface area contributed by atoms with E-state index < -0.39 is 29.4 Å². The molecule has 156 valence electrons. The van der Waals surface area contributed by atoms with Crippen LogP contribution in [0.25, 0.3) is 16.6 Å². The second-order valence-corrected chi connectivity index (χ2v) is 7.40. The van der Waals surface area contributed by atoms with E-state index in [-0.39, 0.29) is 12.1 Å². The Morgan fingerprint density at radius 3 is 2.47 bits per heavy atom. The van der Waals surface area contributed by atoms with Gasteiger partial charge in [-0.05, 0) is 48.7 Å². The van der Waals surface area contributed by atoms with E-state index >= 15 is 0 Å². The number of hydrogen-bond acceptors (Lipinski definition) is 3. The Labute approximate surface area is 168 Å². The van der Waals surface area contributed by atoms with Crippen molar-refractivity contribution in [1.82, 2.24) is 4.57 Å². The molecule has 0 saturated heterocycles. The van der Waals surface area contributed by atoms with Crippen LogP contribution in [-0.2, 0) is 10.2 Å². The lowest BCUT2D eigenvalue weighted by atomic mass is 9.92. The van der Waals surface area contributed by atoms with Gasteiger partial charge in [-0.1, -0.05) is 12.1 Å². The Morgan fingerprint density at radius 1 is 1.13 bits per heavy atom. The Morgan fingerprint density at radius 2 is 1.87 bits per heavy atom. The molecule has 1 aliphatic rings. The molecule has 3 aromatic rings. The first-order valence-electron chi connectivity index (χ1n) is 9.12. The number of carbonyl (C=O) groups excluding carboxylic acids is 1. The molecule has 9 heteroatoms. The predicted molar refractivity (Wildman–Crippen MR) is 102 cm³/mol. The van der Waals surface area contributed by atoms with Gasteiger partial charge in [0, 0.05) is 22.6 Å². The number of fused-ring (bicyclic) bond motifs is 1. The highest BCUT2D eigenvalue weighted by atomic mass is 19.4. The zero-order valence-electron chi connectivity index (χ0n) is 15.6. The molecule has 1 aliphatic carbocycles. The number of nitrogens with two attached hydrogens (primary N) is 1. The molecular weight excluding hydrogens is 401 g/mol. The van der Waals surface area contributed by atoms with Gasteiger partial charge in [0.05, 0.1) is 11.9 Å². The lowest BCUT2D eigenvalue weighted by Crippen LogP contribution is -2.18. The van der Waals surface area contributed by atoms with Crippen LogP contribution in [0.2, 0.25) is 0 Å². The molecule has 4 rings (SSSR count). The molecule has 0 bridgehead atoms. The van der Waals surface area contributed by atoms with Gasteiger partial charge in [-0.3, -0.25) is 9.59 Å². The zero-order chi connectivity index (χ0) is 21.7. The van der Waals surface area contributed by atoms with E-state index in [0.717, 1.165) is 24.5 Å². The molecule has 0 radical (unpaired) electrons. The first-order chi connectivity index (χ1) is 14.1. The fourth-order valence-corrected chi connectivity index (χ4v) is 3.82. The van der Waals surface area contributed by atoms with E-state index in [4.69, 9.17) is 5.73 Å². The summed E-state index contributed by atoms with van der Waals surface area (Å²) in [5, 5.41) is 9.72. The lowest BCUT2D eigenvalue weighted by Gasteiger charge is -2.16. The number of hydrogen-bond donors (Lipinski definition) is 2. The fraction of sp³-hybridized carbons (Fsp3) is 0.238. The maximum Gasteiger partial charge on any atom is 0.573 e. The van der Waals surface area contributed by atoms with Crippen molar-refractivity contribution in [3.05, 3.63) is 59.8 Å². The Kier molecular flexibility index (Phi) is 4.48. The largest absolute Gasteiger partial charge is 0.573 e. The number of carboxylic acid groups (broad SMARTS) is 1. The maximum atomic E-state index is 12.6. The molecule has 30 heavy (non-hydrogen) atoms. The van der Waals surface area contributed by atoms with Crippen LogP contribution in [0, 0.1) is 0 Å². The van der Waals surface area contributed by atoms with E-state index in [1.54, 1.807) is 18.2 Å². The molecule has 0 aliphatic heterocycles. The molecule has 1 amide bonds. The van der Waals surface area contributed by atoms with E-state index in [1.165, 1.54) is 22.8 Å². The summed E-state index contributed by atoms with van der Waals surface area (Å²) in [4.78, 5) is 23.3. The van der Waals surface area contributed by atoms with Gasteiger partial charge in [0.15, 0.2) is 0 Å². The van der Waals surface area contributed by atoms with Crippen molar-refractivity contribution >= 4 is 22.8 Å². The molecule has 6 nitrogen and oxygen atoms in total. The Balaban J connectivity index is 1.86. The van der Waals surface area contributed by atoms with E-state index in [9.17, 15) is 27.9 Å². The standard InChI is InChI=1S/C21H17F3N2O4/c22-21(23,24)30-15-5-4-12-8-17(19(25)29)26(16(12)10-15)14-3-1-2-13(9-14)20(6-7-20)11-18(27)28/h1-5,8-10H,6-7,11H2,(H2,25,29)(H,27,28). The van der Waals surface area contributed by atoms with Crippen molar-refractivity contribution in [1.29, 1.82) is 0 Å². The van der Waals surface area contributed by atoms with Crippen LogP contribution in [0.4, 0.5) is 13.2 Å². The number of aliphatic carboxylic acids is 1. The highest BCUT2D eigenvalue weighted by Gasteiger charge is 2.46. The number of benzene rings is 2. The summed E-state index contributed by atoms with van der Waals surface area (Å²) in [5.41, 5.74) is 6.73. The third kappa shape index (κ3) is 3.70. The normalized spacial score (nSPS) is 15.2. The van der Waals surface area contributed by atoms with Crippen molar-refractivity contribution in [2.45, 2.75) is 31.0 Å². The second kappa shape index (κ2) is 6.79. The average Bonchev–Trinajstić information content (AvgIpc) is 3.31. The third-order valence-electron chi connectivity index (χ3n) is 5.32. The molecule has 1 fully saturated rings. The Hall–Kier alpha value is -3.49. The van der Waals surface area contributed by atoms with Crippen LogP contribution < -0.4 is 10.5 Å². The number of nitrogens with zero attached hydrogens (tertiary/aromatic N) is 1. The van der Waals surface area contributed by atoms with Gasteiger partial charge in [0.25, 0.3) is 5.91 Å². The van der Waals surface area contributed by atoms with Gasteiger partial charge in [-0.15, -0.1) is 13.2 Å². The van der Waals surface area contributed by atoms with Crippen LogP contribution in [0.5, 0.6) is 5.75 Å². The number of rotatable bonds is 6. The number of carbonyl (C=O) groups is 2. The molecule has 0 atom stereocenters. The smallest absolute Gasteiger partial charge is 0.481 e. The summed E-state index contributed by atoms with van der Waals surface area (Å²) in [6.07, 6.45) is -3.43. The van der Waals surface area contributed by atoms with Crippen LogP contribution in [-0.4, -0.2) is 27.9 Å². The first kappa shape index (κ1) is 19.8. The maximum absolute atomic E-state index is 12.6. The predicted octanol–water partition coefficient (Wildman–Crippen LogP) is 4.13. The van der Waals surface area contributed by atoms with E-state index in [2.05, 4.69) is 4.74 Å². The number of primary amides is 1. The zero-order valence-corrected chi connectivity index (χ0v) is 15.6. The number of alkyl halides is 3. The van der Waals surface area contributed by atoms with Gasteiger partial charge in [-0.25, -0.2) is 0 Å². The third-order valence-corrected chi connectivity index (χ3v) is 5.32. The van der Waals surface area contributed by atoms with Crippen molar-refractivity contribution < 1.29 is 32.6 Å². The summed E-state index contributed by atoms with van der Waals surface area (Å²) >= 11 is 0. The van der Waals surface area contributed by atoms with Crippen LogP contribution in [0.3, 0.4) is 0 Å². The highest BCUT2D eigenvalue weighted by Crippen LogP contribution is 2.51. The van der Waals surface area contributed by atoms with Crippen molar-refractivity contribution in [3.8, 4) is 11.4 Å². The second-order valence-electron chi connectivity index (χ2n) is 7.40. The molecular formula is C21H17F3N2O4. The van der Waals surface area contributed by atoms with Crippen molar-refractivity contribution in [2.24, 2.45) is 5.73 Å². The quantitative estimate of drug-likeness (QED) is 0.629. The number of aromatic nitrogens is 1. The minimum Gasteiger partial charge on any atom is -0.481 e. The molecule has 1 heterocycles. The fourth-order valence-electron chi connectivity index (χ4n) is 3.82. The topological polar surface area (TPSA) is 94.6 Å². The van der Waals surface area contributed by atoms with Gasteiger partial charge in [0.1, 0.15) is 11.4 Å². The van der Waals surface area contributed by atoms with Gasteiger partial charge >= 0.3 is 12.3 Å². The summed E-state index contributed by atoms with van der Waals surface area (Å²) in [6.45, 7) is 0. The molecule has 1 saturated carbocycles. The number of carboxylic acids is 1. The van der Waals surface area contributed by atoms with Crippen LogP contribution in [0.15, 0.2) is 48.5 Å². The minimum atomic E-state index is -4.85. The molecule has 0 unspecified atom stereocenters. The number of halogens is 3. The molecule has 2 aromatic carbocycles. The van der Waals surface area contributed by atoms with E-state index in [1.807, 2.05) is 6.07 Å². The average molecular weight is 418 g/mol. The minimum absolute atomic E-state index is 0.0187. The molecule has 0 spiro atoms. The Bertz CT molecular complexity index is 1160. The SMILES string of the molecule is NC(=O)c1cc2ccc(OC(F)(F)F)cc2n1-c1cccc(C2(CC(=O)O)CC2)c1. The molecule has 1 aromatic heterocycles. The monoisotopic (exact) mass is 418 g/mol. The summed E-state index contributed by atoms with van der Waals surface area (Å²) in [6, 6.07) is 12.2. The summed E-state index contributed by atoms with van der Waals surface area (Å²) < 4.78 is 43.4. The summed E-state index contributed by atoms with van der Waals surface area (Å²) in [5.74, 6) is -2.08. The lowest BCUT2D eigenvalue weighted by molar-refractivity contribution is -0.274. The van der Waals surface area contributed by atoms with Crippen LogP contribution >= 0.6 is 0 Å². The van der Waals surface area contributed by atoms with Gasteiger partial charge in [-0.2, -0.15) is 0 Å². The van der Waals surface area contributed by atoms with Crippen molar-refractivity contribution in [3.63, 3.8) is 0 Å². The van der Waals surface area contributed by atoms with Crippen LogP contribution in [0.1, 0.15) is 35.3 Å². The number of ether oxygens (including phenoxy) is 1. The van der Waals surface area contributed by atoms with E-state index in [0.29, 0.717) is 16.6 Å². The first-order valence-corrected chi connectivity index (χ1v) is 9.12. The summed E-state index contributed by atoms with van der Waals surface area (Å²) in [7, 11) is 0. The van der Waals surface area contributed by atoms with Crippen molar-refractivity contribution in [2.75, 3.05) is 0 Å². The van der Waals surface area contributed by atoms with Gasteiger partial charge < -0.3 is 20.1 Å². The van der Waals surface area contributed by atoms with Gasteiger partial charge in [0.2, 0.25) is 0 Å².